The number of anilines is 1. The molecule has 1 rings (SSSR count). The molecule has 0 radical (unpaired) electrons. The van der Waals surface area contributed by atoms with Gasteiger partial charge in [-0.25, -0.2) is 0 Å². The number of hydrogen-bond donors (Lipinski definition) is 2. The number of carbonyl (C=O) groups is 1. The monoisotopic (exact) mass is 362 g/mol. The van der Waals surface area contributed by atoms with E-state index < -0.39 is 0 Å². The zero-order valence-electron chi connectivity index (χ0n) is 9.84. The average molecular weight is 364 g/mol. The van der Waals surface area contributed by atoms with Crippen molar-refractivity contribution in [3.8, 4) is 0 Å². The summed E-state index contributed by atoms with van der Waals surface area (Å²) in [6, 6.07) is 5.53. The summed E-state index contributed by atoms with van der Waals surface area (Å²) >= 11 is 6.79. The van der Waals surface area contributed by atoms with Crippen molar-refractivity contribution in [3.63, 3.8) is 0 Å². The zero-order chi connectivity index (χ0) is 13.0. The Morgan fingerprint density at radius 2 is 1.88 bits per heavy atom. The third-order valence-electron chi connectivity index (χ3n) is 2.50. The topological polar surface area (TPSA) is 55.1 Å². The lowest BCUT2D eigenvalue weighted by atomic mass is 10.0. The van der Waals surface area contributed by atoms with Crippen molar-refractivity contribution in [1.82, 2.24) is 0 Å². The van der Waals surface area contributed by atoms with Crippen LogP contribution < -0.4 is 11.1 Å². The Bertz CT molecular complexity index is 387. The molecule has 0 saturated carbocycles. The van der Waals surface area contributed by atoms with Crippen molar-refractivity contribution in [2.45, 2.75) is 26.3 Å². The molecule has 1 aromatic rings. The van der Waals surface area contributed by atoms with Gasteiger partial charge in [0, 0.05) is 21.4 Å². The zero-order valence-corrected chi connectivity index (χ0v) is 13.0. The van der Waals surface area contributed by atoms with Crippen molar-refractivity contribution in [2.24, 2.45) is 11.7 Å². The fraction of sp³-hybridized carbons (Fsp3) is 0.417. The Balaban J connectivity index is 2.69. The first-order valence-corrected chi connectivity index (χ1v) is 7.00. The lowest BCUT2D eigenvalue weighted by Gasteiger charge is -2.16. The Morgan fingerprint density at radius 3 is 2.35 bits per heavy atom. The van der Waals surface area contributed by atoms with Crippen molar-refractivity contribution >= 4 is 43.5 Å². The van der Waals surface area contributed by atoms with Gasteiger partial charge in [-0.1, -0.05) is 19.9 Å². The van der Waals surface area contributed by atoms with E-state index in [1.54, 1.807) is 0 Å². The van der Waals surface area contributed by atoms with Gasteiger partial charge < -0.3 is 11.1 Å². The number of amides is 1. The molecule has 0 bridgehead atoms. The molecule has 0 heterocycles. The van der Waals surface area contributed by atoms with Gasteiger partial charge in [-0.05, 0) is 49.9 Å². The van der Waals surface area contributed by atoms with Gasteiger partial charge in [-0.15, -0.1) is 0 Å². The summed E-state index contributed by atoms with van der Waals surface area (Å²) in [6.45, 7) is 4.01. The number of benzene rings is 1. The summed E-state index contributed by atoms with van der Waals surface area (Å²) in [7, 11) is 0. The largest absolute Gasteiger partial charge is 0.327 e. The van der Waals surface area contributed by atoms with Gasteiger partial charge in [0.2, 0.25) is 5.91 Å². The minimum absolute atomic E-state index is 0.0706. The molecule has 0 fully saturated rings. The van der Waals surface area contributed by atoms with E-state index in [-0.39, 0.29) is 11.9 Å². The van der Waals surface area contributed by atoms with E-state index in [0.29, 0.717) is 12.3 Å². The molecular weight excluding hydrogens is 348 g/mol. The van der Waals surface area contributed by atoms with Gasteiger partial charge in [0.1, 0.15) is 0 Å². The van der Waals surface area contributed by atoms with Crippen molar-refractivity contribution in [1.29, 1.82) is 0 Å². The second-order valence-electron chi connectivity index (χ2n) is 4.26. The Hall–Kier alpha value is -0.390. The van der Waals surface area contributed by atoms with E-state index in [2.05, 4.69) is 37.2 Å². The number of nitrogens with one attached hydrogen (secondary N) is 1. The summed E-state index contributed by atoms with van der Waals surface area (Å²) < 4.78 is 1.69. The number of rotatable bonds is 4. The average Bonchev–Trinajstić information content (AvgIpc) is 2.23. The van der Waals surface area contributed by atoms with E-state index in [0.717, 1.165) is 14.6 Å². The van der Waals surface area contributed by atoms with Crippen LogP contribution >= 0.6 is 31.9 Å². The molecular formula is C12H16Br2N2O. The summed E-state index contributed by atoms with van der Waals surface area (Å²) in [5.41, 5.74) is 6.61. The number of halogens is 2. The molecule has 3 N–H and O–H groups in total. The van der Waals surface area contributed by atoms with Crippen LogP contribution in [-0.2, 0) is 4.79 Å². The minimum Gasteiger partial charge on any atom is -0.327 e. The van der Waals surface area contributed by atoms with E-state index in [4.69, 9.17) is 5.73 Å². The lowest BCUT2D eigenvalue weighted by molar-refractivity contribution is -0.116. The highest BCUT2D eigenvalue weighted by Gasteiger charge is 2.14. The lowest BCUT2D eigenvalue weighted by Crippen LogP contribution is -2.31. The van der Waals surface area contributed by atoms with E-state index >= 15 is 0 Å². The Morgan fingerprint density at radius 1 is 1.35 bits per heavy atom. The van der Waals surface area contributed by atoms with Gasteiger partial charge in [0.25, 0.3) is 0 Å². The van der Waals surface area contributed by atoms with Gasteiger partial charge in [-0.3, -0.25) is 4.79 Å². The van der Waals surface area contributed by atoms with Crippen LogP contribution in [0.4, 0.5) is 5.69 Å². The summed E-state index contributed by atoms with van der Waals surface area (Å²) in [5.74, 6) is 0.224. The van der Waals surface area contributed by atoms with Crippen molar-refractivity contribution in [2.75, 3.05) is 5.32 Å². The molecule has 1 atom stereocenters. The highest BCUT2D eigenvalue weighted by Crippen LogP contribution is 2.30. The molecule has 0 aliphatic rings. The molecule has 0 aliphatic heterocycles. The summed E-state index contributed by atoms with van der Waals surface area (Å²) in [4.78, 5) is 11.8. The Kier molecular flexibility index (Phi) is 5.62. The Labute approximate surface area is 118 Å². The molecule has 1 unspecified atom stereocenters. The molecule has 1 amide bonds. The minimum atomic E-state index is -0.115. The molecule has 0 aliphatic carbocycles. The van der Waals surface area contributed by atoms with Gasteiger partial charge in [0.15, 0.2) is 0 Å². The highest BCUT2D eigenvalue weighted by atomic mass is 79.9. The van der Waals surface area contributed by atoms with Crippen molar-refractivity contribution in [3.05, 3.63) is 27.1 Å². The van der Waals surface area contributed by atoms with Crippen LogP contribution in [0.15, 0.2) is 27.1 Å². The maximum atomic E-state index is 11.8. The quantitative estimate of drug-likeness (QED) is 0.859. The SMILES string of the molecule is CC(C)C(N)CC(=O)Nc1c(Br)cccc1Br. The van der Waals surface area contributed by atoms with Gasteiger partial charge >= 0.3 is 0 Å². The normalized spacial score (nSPS) is 12.6. The molecule has 17 heavy (non-hydrogen) atoms. The van der Waals surface area contributed by atoms with Crippen molar-refractivity contribution < 1.29 is 4.79 Å². The first-order valence-electron chi connectivity index (χ1n) is 5.41. The summed E-state index contributed by atoms with van der Waals surface area (Å²) in [5, 5.41) is 2.85. The van der Waals surface area contributed by atoms with E-state index in [1.165, 1.54) is 0 Å². The molecule has 0 saturated heterocycles. The van der Waals surface area contributed by atoms with E-state index in [1.807, 2.05) is 32.0 Å². The third-order valence-corrected chi connectivity index (χ3v) is 3.83. The fourth-order valence-electron chi connectivity index (χ4n) is 1.26. The highest BCUT2D eigenvalue weighted by molar-refractivity contribution is 9.11. The molecule has 1 aromatic carbocycles. The predicted octanol–water partition coefficient (Wildman–Crippen LogP) is 3.52. The van der Waals surface area contributed by atoms with Gasteiger partial charge in [-0.2, -0.15) is 0 Å². The summed E-state index contributed by atoms with van der Waals surface area (Å²) in [6.07, 6.45) is 0.325. The molecule has 3 nitrogen and oxygen atoms in total. The van der Waals surface area contributed by atoms with Crippen LogP contribution in [0.3, 0.4) is 0 Å². The molecule has 94 valence electrons. The van der Waals surface area contributed by atoms with Crippen LogP contribution in [0, 0.1) is 5.92 Å². The van der Waals surface area contributed by atoms with Crippen LogP contribution in [-0.4, -0.2) is 11.9 Å². The molecule has 0 aromatic heterocycles. The smallest absolute Gasteiger partial charge is 0.226 e. The number of para-hydroxylation sites is 1. The number of carbonyl (C=O) groups excluding carboxylic acids is 1. The first kappa shape index (κ1) is 14.7. The third kappa shape index (κ3) is 4.41. The predicted molar refractivity (Wildman–Crippen MR) is 77.9 cm³/mol. The maximum Gasteiger partial charge on any atom is 0.226 e. The number of hydrogen-bond acceptors (Lipinski definition) is 2. The fourth-order valence-corrected chi connectivity index (χ4v) is 2.45. The van der Waals surface area contributed by atoms with Crippen LogP contribution in [0.25, 0.3) is 0 Å². The molecule has 0 spiro atoms. The standard InChI is InChI=1S/C12H16Br2N2O/c1-7(2)10(15)6-11(17)16-12-8(13)4-3-5-9(12)14/h3-5,7,10H,6,15H2,1-2H3,(H,16,17). The van der Waals surface area contributed by atoms with E-state index in [9.17, 15) is 4.79 Å². The second-order valence-corrected chi connectivity index (χ2v) is 5.97. The van der Waals surface area contributed by atoms with Gasteiger partial charge in [0.05, 0.1) is 5.69 Å². The first-order chi connectivity index (χ1) is 7.91. The van der Waals surface area contributed by atoms with Crippen LogP contribution in [0.1, 0.15) is 20.3 Å². The number of nitrogens with two attached hydrogens (primary N) is 1. The molecule has 5 heteroatoms. The van der Waals surface area contributed by atoms with Crippen LogP contribution in [0.5, 0.6) is 0 Å². The van der Waals surface area contributed by atoms with Crippen LogP contribution in [0.2, 0.25) is 0 Å². The second kappa shape index (κ2) is 6.52. The maximum absolute atomic E-state index is 11.8.